The van der Waals surface area contributed by atoms with Crippen molar-refractivity contribution in [1.29, 1.82) is 0 Å². The van der Waals surface area contributed by atoms with Gasteiger partial charge in [0.05, 0.1) is 24.8 Å². The second-order valence-electron chi connectivity index (χ2n) is 7.48. The Morgan fingerprint density at radius 3 is 2.60 bits per heavy atom. The fourth-order valence-corrected chi connectivity index (χ4v) is 3.83. The molecule has 1 fully saturated rings. The number of alkyl halides is 3. The Morgan fingerprint density at radius 2 is 1.93 bits per heavy atom. The number of benzene rings is 1. The van der Waals surface area contributed by atoms with Crippen LogP contribution in [0, 0.1) is 0 Å². The third-order valence-corrected chi connectivity index (χ3v) is 5.49. The number of halogens is 3. The van der Waals surface area contributed by atoms with Gasteiger partial charge in [-0.15, -0.1) is 5.10 Å². The van der Waals surface area contributed by atoms with Crippen LogP contribution < -0.4 is 4.90 Å². The minimum Gasteiger partial charge on any atom is -0.383 e. The lowest BCUT2D eigenvalue weighted by Crippen LogP contribution is -2.48. The number of aromatic nitrogens is 4. The Labute approximate surface area is 174 Å². The number of rotatable bonds is 9. The fraction of sp³-hybridized carbons (Fsp3) is 0.650. The molecule has 0 amide bonds. The fourth-order valence-electron chi connectivity index (χ4n) is 3.83. The first kappa shape index (κ1) is 22.5. The zero-order valence-electron chi connectivity index (χ0n) is 17.5. The monoisotopic (exact) mass is 426 g/mol. The molecule has 1 saturated heterocycles. The number of nitrogens with zero attached hydrogens (tertiary/aromatic N) is 6. The van der Waals surface area contributed by atoms with Crippen molar-refractivity contribution in [1.82, 2.24) is 25.1 Å². The highest BCUT2D eigenvalue weighted by Gasteiger charge is 2.32. The van der Waals surface area contributed by atoms with Crippen molar-refractivity contribution in [2.24, 2.45) is 0 Å². The van der Waals surface area contributed by atoms with Crippen molar-refractivity contribution >= 4 is 5.69 Å². The van der Waals surface area contributed by atoms with E-state index < -0.39 is 11.7 Å². The smallest absolute Gasteiger partial charge is 0.383 e. The summed E-state index contributed by atoms with van der Waals surface area (Å²) < 4.78 is 46.1. The molecule has 2 aromatic rings. The molecule has 30 heavy (non-hydrogen) atoms. The summed E-state index contributed by atoms with van der Waals surface area (Å²) >= 11 is 0. The summed E-state index contributed by atoms with van der Waals surface area (Å²) in [4.78, 5) is 4.35. The molecule has 1 atom stereocenters. The van der Waals surface area contributed by atoms with Crippen LogP contribution in [-0.2, 0) is 17.5 Å². The normalized spacial score (nSPS) is 16.8. The summed E-state index contributed by atoms with van der Waals surface area (Å²) in [6.07, 6.45) is -1.27. The molecule has 0 spiro atoms. The van der Waals surface area contributed by atoms with Crippen molar-refractivity contribution in [3.05, 3.63) is 35.7 Å². The summed E-state index contributed by atoms with van der Waals surface area (Å²) in [6, 6.07) is 5.64. The maximum Gasteiger partial charge on any atom is 0.416 e. The molecular weight excluding hydrogens is 397 g/mol. The molecule has 3 rings (SSSR count). The van der Waals surface area contributed by atoms with E-state index in [-0.39, 0.29) is 6.04 Å². The molecule has 1 aliphatic heterocycles. The highest BCUT2D eigenvalue weighted by atomic mass is 19.4. The zero-order valence-corrected chi connectivity index (χ0v) is 17.5. The Morgan fingerprint density at radius 1 is 1.17 bits per heavy atom. The van der Waals surface area contributed by atoms with Gasteiger partial charge >= 0.3 is 6.18 Å². The van der Waals surface area contributed by atoms with Gasteiger partial charge in [0.25, 0.3) is 0 Å². The average Bonchev–Trinajstić information content (AvgIpc) is 3.21. The second kappa shape index (κ2) is 10.2. The molecule has 0 radical (unpaired) electrons. The van der Waals surface area contributed by atoms with Crippen molar-refractivity contribution in [3.63, 3.8) is 0 Å². The lowest BCUT2D eigenvalue weighted by Gasteiger charge is -2.40. The van der Waals surface area contributed by atoms with Crippen LogP contribution in [0.4, 0.5) is 18.9 Å². The molecule has 1 aliphatic rings. The van der Waals surface area contributed by atoms with Gasteiger partial charge in [-0.25, -0.2) is 4.68 Å². The third kappa shape index (κ3) is 5.48. The van der Waals surface area contributed by atoms with Gasteiger partial charge in [0.1, 0.15) is 0 Å². The lowest BCUT2D eigenvalue weighted by molar-refractivity contribution is -0.137. The molecule has 10 heteroatoms. The minimum absolute atomic E-state index is 0.0838. The average molecular weight is 426 g/mol. The number of unbranched alkanes of at least 4 members (excludes halogenated alkanes) is 1. The summed E-state index contributed by atoms with van der Waals surface area (Å²) in [6.45, 7) is 6.06. The molecule has 0 aliphatic carbocycles. The van der Waals surface area contributed by atoms with Gasteiger partial charge in [0.15, 0.2) is 5.82 Å². The Bertz CT molecular complexity index is 789. The van der Waals surface area contributed by atoms with Crippen molar-refractivity contribution in [3.8, 4) is 0 Å². The molecule has 166 valence electrons. The highest BCUT2D eigenvalue weighted by Crippen LogP contribution is 2.32. The molecular formula is C20H29F3N6O. The summed E-state index contributed by atoms with van der Waals surface area (Å²) in [5.74, 6) is 0.827. The van der Waals surface area contributed by atoms with Crippen LogP contribution in [0.1, 0.15) is 43.6 Å². The van der Waals surface area contributed by atoms with Gasteiger partial charge in [-0.1, -0.05) is 25.8 Å². The number of hydrogen-bond acceptors (Lipinski definition) is 6. The van der Waals surface area contributed by atoms with Crippen LogP contribution in [0.5, 0.6) is 0 Å². The van der Waals surface area contributed by atoms with E-state index in [0.29, 0.717) is 31.9 Å². The van der Waals surface area contributed by atoms with Crippen LogP contribution in [0.2, 0.25) is 0 Å². The van der Waals surface area contributed by atoms with E-state index in [9.17, 15) is 13.2 Å². The van der Waals surface area contributed by atoms with Gasteiger partial charge in [0, 0.05) is 39.0 Å². The lowest BCUT2D eigenvalue weighted by atomic mass is 10.1. The first-order chi connectivity index (χ1) is 14.4. The minimum atomic E-state index is -4.33. The van der Waals surface area contributed by atoms with E-state index in [1.165, 1.54) is 12.1 Å². The number of piperazine rings is 1. The molecule has 1 aromatic carbocycles. The van der Waals surface area contributed by atoms with Crippen LogP contribution in [0.3, 0.4) is 0 Å². The van der Waals surface area contributed by atoms with Gasteiger partial charge in [-0.2, -0.15) is 13.2 Å². The van der Waals surface area contributed by atoms with E-state index in [2.05, 4.69) is 27.3 Å². The van der Waals surface area contributed by atoms with E-state index in [1.807, 2.05) is 4.90 Å². The van der Waals surface area contributed by atoms with E-state index in [4.69, 9.17) is 4.74 Å². The molecule has 2 heterocycles. The molecule has 1 aromatic heterocycles. The number of tetrazole rings is 1. The molecule has 0 N–H and O–H groups in total. The van der Waals surface area contributed by atoms with Gasteiger partial charge < -0.3 is 9.64 Å². The SMILES string of the molecule is CCCC[C@H](c1nnnn1CCOC)N1CCN(c2cccc(C(F)(F)F)c2)CC1. The Kier molecular flexibility index (Phi) is 7.65. The Balaban J connectivity index is 1.70. The van der Waals surface area contributed by atoms with E-state index in [1.54, 1.807) is 17.9 Å². The maximum atomic E-state index is 13.0. The first-order valence-corrected chi connectivity index (χ1v) is 10.3. The van der Waals surface area contributed by atoms with Gasteiger partial charge in [-0.3, -0.25) is 4.90 Å². The predicted octanol–water partition coefficient (Wildman–Crippen LogP) is 3.39. The molecule has 0 bridgehead atoms. The number of anilines is 1. The predicted molar refractivity (Wildman–Crippen MR) is 107 cm³/mol. The summed E-state index contributed by atoms with van der Waals surface area (Å²) in [7, 11) is 1.64. The van der Waals surface area contributed by atoms with Crippen LogP contribution in [-0.4, -0.2) is 65.0 Å². The topological polar surface area (TPSA) is 59.3 Å². The van der Waals surface area contributed by atoms with Crippen LogP contribution >= 0.6 is 0 Å². The summed E-state index contributed by atoms with van der Waals surface area (Å²) in [5.41, 5.74) is 0.0000762. The second-order valence-corrected chi connectivity index (χ2v) is 7.48. The van der Waals surface area contributed by atoms with Crippen molar-refractivity contribution in [2.75, 3.05) is 44.8 Å². The largest absolute Gasteiger partial charge is 0.416 e. The quantitative estimate of drug-likeness (QED) is 0.613. The zero-order chi connectivity index (χ0) is 21.6. The number of hydrogen-bond donors (Lipinski definition) is 0. The van der Waals surface area contributed by atoms with E-state index in [0.717, 1.165) is 44.2 Å². The van der Waals surface area contributed by atoms with Crippen molar-refractivity contribution in [2.45, 2.75) is 44.9 Å². The standard InChI is InChI=1S/C20H29F3N6O/c1-3-4-8-18(19-24-25-26-29(19)13-14-30-2)28-11-9-27(10-12-28)17-7-5-6-16(15-17)20(21,22)23/h5-7,15,18H,3-4,8-14H2,1-2H3/t18-/m1/s1. The highest BCUT2D eigenvalue weighted by molar-refractivity contribution is 5.49. The number of methoxy groups -OCH3 is 1. The first-order valence-electron chi connectivity index (χ1n) is 10.3. The van der Waals surface area contributed by atoms with E-state index >= 15 is 0 Å². The van der Waals surface area contributed by atoms with Crippen molar-refractivity contribution < 1.29 is 17.9 Å². The van der Waals surface area contributed by atoms with Crippen LogP contribution in [0.25, 0.3) is 0 Å². The van der Waals surface area contributed by atoms with Gasteiger partial charge in [0.2, 0.25) is 0 Å². The van der Waals surface area contributed by atoms with Gasteiger partial charge in [-0.05, 0) is 35.0 Å². The maximum absolute atomic E-state index is 13.0. The Hall–Kier alpha value is -2.20. The molecule has 0 saturated carbocycles. The van der Waals surface area contributed by atoms with Crippen LogP contribution in [0.15, 0.2) is 24.3 Å². The third-order valence-electron chi connectivity index (χ3n) is 5.49. The summed E-state index contributed by atoms with van der Waals surface area (Å²) in [5, 5.41) is 12.2. The molecule has 7 nitrogen and oxygen atoms in total. The number of ether oxygens (including phenoxy) is 1. The molecule has 0 unspecified atom stereocenters.